The summed E-state index contributed by atoms with van der Waals surface area (Å²) < 4.78 is 2.21. The first kappa shape index (κ1) is 16.9. The highest BCUT2D eigenvalue weighted by Crippen LogP contribution is 2.35. The lowest BCUT2D eigenvalue weighted by Crippen LogP contribution is -2.24. The summed E-state index contributed by atoms with van der Waals surface area (Å²) in [7, 11) is 0. The van der Waals surface area contributed by atoms with Crippen molar-refractivity contribution in [3.8, 4) is 0 Å². The summed E-state index contributed by atoms with van der Waals surface area (Å²) in [4.78, 5) is 22.5. The Morgan fingerprint density at radius 1 is 1.45 bits per heavy atom. The number of non-ortho nitro benzene ring substituents is 1. The van der Waals surface area contributed by atoms with E-state index in [2.05, 4.69) is 42.3 Å². The zero-order valence-corrected chi connectivity index (χ0v) is 15.0. The molecule has 0 aliphatic carbocycles. The highest BCUT2D eigenvalue weighted by atomic mass is 79.9. The average molecular weight is 452 g/mol. The summed E-state index contributed by atoms with van der Waals surface area (Å²) in [5.41, 5.74) is 0.310. The average Bonchev–Trinajstić information content (AvgIpc) is 2.87. The van der Waals surface area contributed by atoms with E-state index < -0.39 is 11.0 Å². The van der Waals surface area contributed by atoms with Gasteiger partial charge in [-0.05, 0) is 38.8 Å². The molecule has 1 N–H and O–H groups in total. The van der Waals surface area contributed by atoms with Gasteiger partial charge in [-0.1, -0.05) is 11.6 Å². The number of nitrogens with one attached hydrogen (secondary N) is 1. The number of amides is 1. The Bertz CT molecular complexity index is 727. The minimum Gasteiger partial charge on any atom is -0.322 e. The lowest BCUT2D eigenvalue weighted by molar-refractivity contribution is -0.385. The third-order valence-electron chi connectivity index (χ3n) is 2.83. The van der Waals surface area contributed by atoms with Crippen LogP contribution in [0.25, 0.3) is 0 Å². The fraction of sp³-hybridized carbons (Fsp3) is 0.167. The van der Waals surface area contributed by atoms with Gasteiger partial charge in [0.1, 0.15) is 6.04 Å². The molecule has 0 saturated carbocycles. The summed E-state index contributed by atoms with van der Waals surface area (Å²) in [6.45, 7) is 1.66. The van der Waals surface area contributed by atoms with Crippen LogP contribution in [-0.2, 0) is 4.79 Å². The highest BCUT2D eigenvalue weighted by molar-refractivity contribution is 9.11. The van der Waals surface area contributed by atoms with Gasteiger partial charge in [0.15, 0.2) is 0 Å². The minimum absolute atomic E-state index is 0.0938. The first-order chi connectivity index (χ1) is 10.3. The van der Waals surface area contributed by atoms with Gasteiger partial charge in [-0.2, -0.15) is 5.10 Å². The first-order valence-electron chi connectivity index (χ1n) is 5.93. The van der Waals surface area contributed by atoms with Crippen LogP contribution in [0.5, 0.6) is 0 Å². The normalized spacial score (nSPS) is 12.0. The highest BCUT2D eigenvalue weighted by Gasteiger charge is 2.20. The van der Waals surface area contributed by atoms with E-state index in [1.54, 1.807) is 6.92 Å². The zero-order valence-electron chi connectivity index (χ0n) is 11.1. The quantitative estimate of drug-likeness (QED) is 0.557. The molecule has 10 heteroatoms. The molecule has 1 heterocycles. The van der Waals surface area contributed by atoms with Gasteiger partial charge >= 0.3 is 0 Å². The van der Waals surface area contributed by atoms with Gasteiger partial charge < -0.3 is 5.32 Å². The zero-order chi connectivity index (χ0) is 16.4. The van der Waals surface area contributed by atoms with Crippen molar-refractivity contribution in [2.75, 3.05) is 5.32 Å². The Labute approximate surface area is 147 Å². The smallest absolute Gasteiger partial charge is 0.271 e. The molecule has 2 aromatic rings. The second-order valence-corrected chi connectivity index (χ2v) is 6.49. The molecule has 7 nitrogen and oxygen atoms in total. The van der Waals surface area contributed by atoms with Crippen LogP contribution in [0, 0.1) is 10.1 Å². The van der Waals surface area contributed by atoms with Crippen molar-refractivity contribution in [2.45, 2.75) is 13.0 Å². The van der Waals surface area contributed by atoms with Crippen LogP contribution in [0.15, 0.2) is 33.5 Å². The van der Waals surface area contributed by atoms with Gasteiger partial charge in [0.25, 0.3) is 5.69 Å². The number of halogens is 3. The van der Waals surface area contributed by atoms with Crippen molar-refractivity contribution in [1.29, 1.82) is 0 Å². The van der Waals surface area contributed by atoms with Gasteiger partial charge in [-0.3, -0.25) is 19.6 Å². The SMILES string of the molecule is CC(C(=O)Nc1c(Br)cc([N+](=O)[O-])cc1Br)n1cc(Cl)cn1. The number of hydrogen-bond donors (Lipinski definition) is 1. The summed E-state index contributed by atoms with van der Waals surface area (Å²) in [5, 5.41) is 17.9. The molecule has 22 heavy (non-hydrogen) atoms. The van der Waals surface area contributed by atoms with Crippen molar-refractivity contribution >= 4 is 60.7 Å². The molecule has 0 bridgehead atoms. The van der Waals surface area contributed by atoms with Crippen molar-refractivity contribution < 1.29 is 9.72 Å². The summed E-state index contributed by atoms with van der Waals surface area (Å²) >= 11 is 12.2. The van der Waals surface area contributed by atoms with E-state index in [0.717, 1.165) is 0 Å². The van der Waals surface area contributed by atoms with Gasteiger partial charge in [-0.25, -0.2) is 0 Å². The second-order valence-electron chi connectivity index (χ2n) is 4.35. The number of rotatable bonds is 4. The minimum atomic E-state index is -0.596. The predicted molar refractivity (Wildman–Crippen MR) is 89.1 cm³/mol. The Kier molecular flexibility index (Phi) is 5.20. The molecular weight excluding hydrogens is 443 g/mol. The van der Waals surface area contributed by atoms with Gasteiger partial charge in [0, 0.05) is 27.3 Å². The van der Waals surface area contributed by atoms with Gasteiger partial charge in [0.2, 0.25) is 5.91 Å². The Morgan fingerprint density at radius 3 is 2.50 bits per heavy atom. The maximum atomic E-state index is 12.3. The standard InChI is InChI=1S/C12H9Br2ClN4O3/c1-6(18-5-7(15)4-16-18)12(20)17-11-9(13)2-8(19(21)22)3-10(11)14/h2-6H,1H3,(H,17,20). The Balaban J connectivity index is 2.23. The number of carbonyl (C=O) groups is 1. The van der Waals surface area contributed by atoms with Crippen LogP contribution in [0.1, 0.15) is 13.0 Å². The van der Waals surface area contributed by atoms with Crippen LogP contribution in [0.2, 0.25) is 5.02 Å². The number of aromatic nitrogens is 2. The molecule has 1 amide bonds. The predicted octanol–water partition coefficient (Wildman–Crippen LogP) is 4.17. The number of hydrogen-bond acceptors (Lipinski definition) is 4. The van der Waals surface area contributed by atoms with E-state index in [-0.39, 0.29) is 11.6 Å². The number of nitro groups is 1. The molecular formula is C12H9Br2ClN4O3. The molecule has 1 atom stereocenters. The van der Waals surface area contributed by atoms with Crippen molar-refractivity contribution in [3.05, 3.63) is 48.6 Å². The summed E-state index contributed by atoms with van der Waals surface area (Å²) in [6.07, 6.45) is 2.97. The molecule has 1 unspecified atom stereocenters. The third-order valence-corrected chi connectivity index (χ3v) is 4.28. The van der Waals surface area contributed by atoms with E-state index in [1.165, 1.54) is 29.2 Å². The number of nitro benzene ring substituents is 1. The molecule has 2 rings (SSSR count). The fourth-order valence-corrected chi connectivity index (χ4v) is 3.16. The van der Waals surface area contributed by atoms with Gasteiger partial charge in [0.05, 0.1) is 21.8 Å². The van der Waals surface area contributed by atoms with E-state index in [1.807, 2.05) is 0 Å². The van der Waals surface area contributed by atoms with Crippen LogP contribution in [0.3, 0.4) is 0 Å². The number of benzene rings is 1. The lowest BCUT2D eigenvalue weighted by atomic mass is 10.2. The summed E-state index contributed by atoms with van der Waals surface area (Å²) in [5.74, 6) is -0.338. The number of carbonyl (C=O) groups excluding carboxylic acids is 1. The van der Waals surface area contributed by atoms with Crippen molar-refractivity contribution in [3.63, 3.8) is 0 Å². The first-order valence-corrected chi connectivity index (χ1v) is 7.90. The van der Waals surface area contributed by atoms with Gasteiger partial charge in [-0.15, -0.1) is 0 Å². The van der Waals surface area contributed by atoms with Crippen molar-refractivity contribution in [1.82, 2.24) is 9.78 Å². The summed E-state index contributed by atoms with van der Waals surface area (Å²) in [6, 6.07) is 2.03. The van der Waals surface area contributed by atoms with Crippen LogP contribution in [-0.4, -0.2) is 20.6 Å². The third kappa shape index (κ3) is 3.65. The van der Waals surface area contributed by atoms with Crippen LogP contribution >= 0.6 is 43.5 Å². The molecule has 0 saturated heterocycles. The van der Waals surface area contributed by atoms with E-state index in [0.29, 0.717) is 19.7 Å². The molecule has 0 aliphatic heterocycles. The molecule has 0 radical (unpaired) electrons. The monoisotopic (exact) mass is 450 g/mol. The van der Waals surface area contributed by atoms with Crippen molar-refractivity contribution in [2.24, 2.45) is 0 Å². The molecule has 0 fully saturated rings. The fourth-order valence-electron chi connectivity index (χ4n) is 1.66. The Morgan fingerprint density at radius 2 is 2.05 bits per heavy atom. The maximum absolute atomic E-state index is 12.3. The molecule has 116 valence electrons. The maximum Gasteiger partial charge on any atom is 0.271 e. The van der Waals surface area contributed by atoms with Crippen LogP contribution < -0.4 is 5.32 Å². The largest absolute Gasteiger partial charge is 0.322 e. The van der Waals surface area contributed by atoms with E-state index >= 15 is 0 Å². The Hall–Kier alpha value is -1.45. The number of anilines is 1. The number of nitrogens with zero attached hydrogens (tertiary/aromatic N) is 3. The van der Waals surface area contributed by atoms with E-state index in [9.17, 15) is 14.9 Å². The van der Waals surface area contributed by atoms with Crippen LogP contribution in [0.4, 0.5) is 11.4 Å². The van der Waals surface area contributed by atoms with E-state index in [4.69, 9.17) is 11.6 Å². The molecule has 0 aliphatic rings. The second kappa shape index (κ2) is 6.76. The lowest BCUT2D eigenvalue weighted by Gasteiger charge is -2.14. The molecule has 1 aromatic heterocycles. The topological polar surface area (TPSA) is 90.1 Å². The molecule has 0 spiro atoms. The molecule has 1 aromatic carbocycles.